The molecule has 6 rings (SSSR count). The molecule has 0 bridgehead atoms. The van der Waals surface area contributed by atoms with E-state index in [2.05, 4.69) is 161 Å². The minimum absolute atomic E-state index is 0.200. The number of unbranched alkanes of at least 4 members (excludes halogenated alkanes) is 20. The Hall–Kier alpha value is -4.53. The predicted molar refractivity (Wildman–Crippen MR) is 322 cm³/mol. The molecular formula is C70H95O3P. The first-order valence-corrected chi connectivity index (χ1v) is 31.2. The van der Waals surface area contributed by atoms with E-state index in [-0.39, 0.29) is 13.2 Å². The van der Waals surface area contributed by atoms with Gasteiger partial charge in [0.25, 0.3) is 0 Å². The third-order valence-corrected chi connectivity index (χ3v) is 16.1. The Bertz CT molecular complexity index is 2350. The van der Waals surface area contributed by atoms with Gasteiger partial charge in [-0.25, -0.2) is 0 Å². The van der Waals surface area contributed by atoms with Crippen LogP contribution in [0, 0.1) is 0 Å². The van der Waals surface area contributed by atoms with Crippen LogP contribution in [0.4, 0.5) is 0 Å². The highest BCUT2D eigenvalue weighted by molar-refractivity contribution is 7.33. The Morgan fingerprint density at radius 3 is 0.838 bits per heavy atom. The number of aryl methyl sites for hydroxylation is 4. The lowest BCUT2D eigenvalue weighted by Gasteiger charge is -2.21. The molecule has 0 fully saturated rings. The van der Waals surface area contributed by atoms with E-state index in [0.717, 1.165) is 36.8 Å². The summed E-state index contributed by atoms with van der Waals surface area (Å²) < 4.78 is 27.1. The lowest BCUT2D eigenvalue weighted by Crippen LogP contribution is -2.01. The van der Waals surface area contributed by atoms with Crippen LogP contribution in [0.5, 0.6) is 0 Å². The summed E-state index contributed by atoms with van der Waals surface area (Å²) >= 11 is 0. The number of hydrogen-bond donors (Lipinski definition) is 0. The molecule has 0 heterocycles. The van der Waals surface area contributed by atoms with Crippen molar-refractivity contribution in [3.8, 4) is 44.5 Å². The quantitative estimate of drug-likeness (QED) is 0.0286. The summed E-state index contributed by atoms with van der Waals surface area (Å²) in [5.41, 5.74) is 17.5. The Morgan fingerprint density at radius 2 is 0.514 bits per heavy atom. The monoisotopic (exact) mass is 1010 g/mol. The highest BCUT2D eigenvalue weighted by atomic mass is 31.1. The van der Waals surface area contributed by atoms with Gasteiger partial charge >= 0.3 is 8.25 Å². The maximum atomic E-state index is 14.3. The topological polar surface area (TPSA) is 35.5 Å². The Kier molecular flexibility index (Phi) is 27.7. The molecule has 0 radical (unpaired) electrons. The van der Waals surface area contributed by atoms with Gasteiger partial charge in [0.05, 0.1) is 13.2 Å². The number of rotatable bonds is 38. The van der Waals surface area contributed by atoms with Gasteiger partial charge in [-0.05, 0) is 129 Å². The van der Waals surface area contributed by atoms with Crippen LogP contribution in [0.1, 0.15) is 215 Å². The molecule has 74 heavy (non-hydrogen) atoms. The highest BCUT2D eigenvalue weighted by Gasteiger charge is 2.21. The summed E-state index contributed by atoms with van der Waals surface area (Å²) in [5.74, 6) is 0. The van der Waals surface area contributed by atoms with Crippen LogP contribution in [0.15, 0.2) is 133 Å². The maximum Gasteiger partial charge on any atom is 0.319 e. The van der Waals surface area contributed by atoms with E-state index in [1.165, 1.54) is 221 Å². The molecule has 0 atom stereocenters. The van der Waals surface area contributed by atoms with Crippen molar-refractivity contribution in [3.63, 3.8) is 0 Å². The molecule has 0 N–H and O–H groups in total. The summed E-state index contributed by atoms with van der Waals surface area (Å²) in [5, 5.41) is 0. The van der Waals surface area contributed by atoms with Gasteiger partial charge in [0.15, 0.2) is 0 Å². The van der Waals surface area contributed by atoms with Gasteiger partial charge in [0, 0.05) is 0 Å². The fourth-order valence-corrected chi connectivity index (χ4v) is 11.8. The van der Waals surface area contributed by atoms with E-state index in [1.807, 2.05) is 0 Å². The summed E-state index contributed by atoms with van der Waals surface area (Å²) in [6.07, 6.45) is 34.7. The molecule has 0 aliphatic heterocycles. The zero-order valence-corrected chi connectivity index (χ0v) is 47.6. The van der Waals surface area contributed by atoms with Crippen molar-refractivity contribution >= 4 is 8.25 Å². The van der Waals surface area contributed by atoms with Crippen LogP contribution in [0.3, 0.4) is 0 Å². The maximum absolute atomic E-state index is 14.3. The molecule has 0 aliphatic carbocycles. The largest absolute Gasteiger partial charge is 0.319 e. The van der Waals surface area contributed by atoms with E-state index in [1.54, 1.807) is 0 Å². The smallest absolute Gasteiger partial charge is 0.306 e. The molecule has 3 nitrogen and oxygen atoms in total. The van der Waals surface area contributed by atoms with Gasteiger partial charge in [-0.15, -0.1) is 0 Å². The van der Waals surface area contributed by atoms with E-state index in [0.29, 0.717) is 0 Å². The number of hydrogen-bond acceptors (Lipinski definition) is 3. The second-order valence-electron chi connectivity index (χ2n) is 21.2. The Balaban J connectivity index is 1.29. The Labute approximate surface area is 451 Å². The first kappa shape index (κ1) is 58.7. The van der Waals surface area contributed by atoms with E-state index in [4.69, 9.17) is 9.05 Å². The third-order valence-electron chi connectivity index (χ3n) is 15.4. The van der Waals surface area contributed by atoms with Crippen molar-refractivity contribution in [1.29, 1.82) is 0 Å². The lowest BCUT2D eigenvalue weighted by molar-refractivity contribution is 0.213. The van der Waals surface area contributed by atoms with Crippen molar-refractivity contribution in [2.75, 3.05) is 0 Å². The van der Waals surface area contributed by atoms with Gasteiger partial charge in [-0.3, -0.25) is 4.57 Å². The molecule has 0 saturated heterocycles. The highest BCUT2D eigenvalue weighted by Crippen LogP contribution is 2.43. The minimum atomic E-state index is -2.91. The molecular weight excluding hydrogens is 920 g/mol. The van der Waals surface area contributed by atoms with Crippen LogP contribution in [-0.4, -0.2) is 0 Å². The van der Waals surface area contributed by atoms with Crippen molar-refractivity contribution in [3.05, 3.63) is 167 Å². The molecule has 0 aromatic heterocycles. The average Bonchev–Trinajstić information content (AvgIpc) is 3.44. The number of benzene rings is 6. The van der Waals surface area contributed by atoms with Crippen LogP contribution >= 0.6 is 8.25 Å². The van der Waals surface area contributed by atoms with Crippen molar-refractivity contribution < 1.29 is 13.6 Å². The van der Waals surface area contributed by atoms with Gasteiger partial charge in [0.2, 0.25) is 0 Å². The summed E-state index contributed by atoms with van der Waals surface area (Å²) in [7, 11) is -2.91. The van der Waals surface area contributed by atoms with Crippen LogP contribution < -0.4 is 0 Å². The summed E-state index contributed by atoms with van der Waals surface area (Å²) in [6.45, 7) is 9.55. The summed E-state index contributed by atoms with van der Waals surface area (Å²) in [6, 6.07) is 49.3. The normalized spacial score (nSPS) is 11.5. The first-order chi connectivity index (χ1) is 36.6. The molecule has 0 spiro atoms. The van der Waals surface area contributed by atoms with Crippen LogP contribution in [-0.2, 0) is 52.5 Å². The summed E-state index contributed by atoms with van der Waals surface area (Å²) in [4.78, 5) is 0. The second-order valence-corrected chi connectivity index (χ2v) is 22.3. The van der Waals surface area contributed by atoms with Gasteiger partial charge in [-0.1, -0.05) is 290 Å². The van der Waals surface area contributed by atoms with Gasteiger partial charge in [-0.2, -0.15) is 0 Å². The van der Waals surface area contributed by atoms with E-state index >= 15 is 0 Å². The zero-order valence-electron chi connectivity index (χ0n) is 46.6. The molecule has 6 aromatic carbocycles. The van der Waals surface area contributed by atoms with Crippen LogP contribution in [0.2, 0.25) is 0 Å². The van der Waals surface area contributed by atoms with Gasteiger partial charge in [0.1, 0.15) is 0 Å². The molecule has 0 aliphatic rings. The van der Waals surface area contributed by atoms with Crippen molar-refractivity contribution in [2.45, 2.75) is 221 Å². The van der Waals surface area contributed by atoms with Crippen molar-refractivity contribution in [2.24, 2.45) is 0 Å². The lowest BCUT2D eigenvalue weighted by atomic mass is 9.85. The minimum Gasteiger partial charge on any atom is -0.306 e. The van der Waals surface area contributed by atoms with E-state index in [9.17, 15) is 4.57 Å². The van der Waals surface area contributed by atoms with E-state index < -0.39 is 8.25 Å². The van der Waals surface area contributed by atoms with Gasteiger partial charge < -0.3 is 9.05 Å². The zero-order chi connectivity index (χ0) is 51.8. The molecule has 0 saturated carbocycles. The van der Waals surface area contributed by atoms with Crippen molar-refractivity contribution in [1.82, 2.24) is 0 Å². The molecule has 4 heteroatoms. The first-order valence-electron chi connectivity index (χ1n) is 29.9. The fourth-order valence-electron chi connectivity index (χ4n) is 11.2. The third kappa shape index (κ3) is 18.9. The second kappa shape index (κ2) is 34.9. The average molecular weight is 1020 g/mol. The Morgan fingerprint density at radius 1 is 0.270 bits per heavy atom. The predicted octanol–water partition coefficient (Wildman–Crippen LogP) is 22.1. The molecule has 0 amide bonds. The molecule has 6 aromatic rings. The fraction of sp³-hybridized carbons (Fsp3) is 0.486. The standard InChI is InChI=1S/C70H95O3P/c1-5-9-13-17-21-25-39-57-43-29-33-49-63(57)67-53-37-47-61(69(67)65-51-35-31-45-59(65)41-27-23-19-15-11-7-3)55-72-74(71)73-56-62-48-38-54-68(64-50-34-30-44-58(64)40-26-22-18-14-10-6-2)70(62)66-52-36-32-46-60(66)42-28-24-20-16-12-8-4/h29-38,43-54,74H,5-28,39-42,55-56H2,1-4H3. The molecule has 398 valence electrons. The molecule has 0 unspecified atom stereocenters. The van der Waals surface area contributed by atoms with Crippen LogP contribution in [0.25, 0.3) is 44.5 Å². The SMILES string of the molecule is CCCCCCCCc1ccccc1-c1cccc(CO[PH](=O)OCc2cccc(-c3ccccc3CCCCCCCC)c2-c2ccccc2CCCCCCCC)c1-c1ccccc1CCCCCCCC.